The highest BCUT2D eigenvalue weighted by Gasteiger charge is 2.71. The molecular weight excluding hydrogens is 590 g/mol. The Morgan fingerprint density at radius 2 is 1.40 bits per heavy atom. The van der Waals surface area contributed by atoms with Crippen molar-refractivity contribution in [2.45, 2.75) is 17.4 Å². The van der Waals surface area contributed by atoms with Crippen molar-refractivity contribution >= 4 is 45.0 Å². The molecule has 3 aromatic carbocycles. The van der Waals surface area contributed by atoms with E-state index >= 15 is 0 Å². The van der Waals surface area contributed by atoms with Crippen LogP contribution in [0.2, 0.25) is 5.02 Å². The molecular formula is C31H23BrClN5O2. The molecule has 40 heavy (non-hydrogen) atoms. The molecule has 198 valence electrons. The number of para-hydroxylation sites is 1. The Hall–Kier alpha value is -4.27. The van der Waals surface area contributed by atoms with Crippen LogP contribution in [0.3, 0.4) is 0 Å². The summed E-state index contributed by atoms with van der Waals surface area (Å²) in [7, 11) is 0. The fourth-order valence-electron chi connectivity index (χ4n) is 5.33. The van der Waals surface area contributed by atoms with Gasteiger partial charge in [-0.05, 0) is 51.3 Å². The number of nitrogens with one attached hydrogen (secondary N) is 2. The van der Waals surface area contributed by atoms with Gasteiger partial charge < -0.3 is 10.6 Å². The molecule has 9 heteroatoms. The molecule has 0 radical (unpaired) electrons. The number of halogens is 2. The maximum Gasteiger partial charge on any atom is 0.271 e. The van der Waals surface area contributed by atoms with E-state index in [1.54, 1.807) is 24.4 Å². The van der Waals surface area contributed by atoms with Crippen molar-refractivity contribution in [1.29, 1.82) is 0 Å². The van der Waals surface area contributed by atoms with Crippen LogP contribution in [0.25, 0.3) is 5.82 Å². The van der Waals surface area contributed by atoms with Crippen LogP contribution < -0.4 is 10.6 Å². The number of hydrogen-bond acceptors (Lipinski definition) is 4. The molecule has 2 amide bonds. The van der Waals surface area contributed by atoms with Gasteiger partial charge in [0.2, 0.25) is 0 Å². The summed E-state index contributed by atoms with van der Waals surface area (Å²) in [6.07, 6.45) is 1.57. The van der Waals surface area contributed by atoms with Crippen LogP contribution >= 0.6 is 27.5 Å². The van der Waals surface area contributed by atoms with E-state index in [2.05, 4.69) is 36.6 Å². The maximum absolute atomic E-state index is 14.3. The molecule has 1 aliphatic rings. The van der Waals surface area contributed by atoms with Crippen molar-refractivity contribution in [1.82, 2.24) is 20.1 Å². The lowest BCUT2D eigenvalue weighted by atomic mass is 10.0. The molecule has 1 saturated carbocycles. The van der Waals surface area contributed by atoms with Crippen LogP contribution in [0.1, 0.15) is 33.5 Å². The van der Waals surface area contributed by atoms with Gasteiger partial charge in [0.05, 0.1) is 5.02 Å². The minimum atomic E-state index is -1.29. The van der Waals surface area contributed by atoms with Crippen molar-refractivity contribution < 1.29 is 9.59 Å². The van der Waals surface area contributed by atoms with Gasteiger partial charge in [0.15, 0.2) is 5.82 Å². The summed E-state index contributed by atoms with van der Waals surface area (Å²) in [5, 5.41) is 10.9. The van der Waals surface area contributed by atoms with Gasteiger partial charge in [-0.15, -0.1) is 0 Å². The number of benzene rings is 3. The lowest BCUT2D eigenvalue weighted by molar-refractivity contribution is -0.119. The molecule has 5 aromatic rings. The average Bonchev–Trinajstić information content (AvgIpc) is 3.49. The second kappa shape index (κ2) is 10.7. The topological polar surface area (TPSA) is 88.9 Å². The van der Waals surface area contributed by atoms with Gasteiger partial charge >= 0.3 is 0 Å². The van der Waals surface area contributed by atoms with E-state index in [-0.39, 0.29) is 23.4 Å². The smallest absolute Gasteiger partial charge is 0.271 e. The molecule has 2 heterocycles. The normalized spacial score (nSPS) is 19.6. The number of carbonyl (C=O) groups excluding carboxylic acids is 2. The van der Waals surface area contributed by atoms with Gasteiger partial charge in [0, 0.05) is 29.8 Å². The minimum Gasteiger partial charge on any atom is -0.335 e. The van der Waals surface area contributed by atoms with Crippen LogP contribution in [0, 0.1) is 0 Å². The predicted octanol–water partition coefficient (Wildman–Crippen LogP) is 6.37. The summed E-state index contributed by atoms with van der Waals surface area (Å²) in [5.74, 6) is -1.12. The zero-order chi connectivity index (χ0) is 27.7. The zero-order valence-corrected chi connectivity index (χ0v) is 23.4. The number of pyridine rings is 1. The first-order valence-electron chi connectivity index (χ1n) is 12.6. The Kier molecular flexibility index (Phi) is 6.96. The fourth-order valence-corrected chi connectivity index (χ4v) is 5.91. The zero-order valence-electron chi connectivity index (χ0n) is 21.0. The molecule has 0 spiro atoms. The van der Waals surface area contributed by atoms with E-state index in [9.17, 15) is 9.59 Å². The monoisotopic (exact) mass is 611 g/mol. The van der Waals surface area contributed by atoms with E-state index in [1.165, 1.54) is 4.68 Å². The fraction of sp³-hybridized carbons (Fsp3) is 0.0968. The molecule has 2 aromatic heterocycles. The number of nitrogens with zero attached hydrogens (tertiary/aromatic N) is 3. The van der Waals surface area contributed by atoms with Crippen LogP contribution in [-0.4, -0.2) is 32.1 Å². The van der Waals surface area contributed by atoms with Crippen molar-refractivity contribution in [3.8, 4) is 5.82 Å². The second-order valence-electron chi connectivity index (χ2n) is 9.49. The molecule has 0 saturated heterocycles. The van der Waals surface area contributed by atoms with Crippen LogP contribution in [0.15, 0.2) is 120 Å². The third-order valence-electron chi connectivity index (χ3n) is 7.10. The summed E-state index contributed by atoms with van der Waals surface area (Å²) >= 11 is 9.78. The van der Waals surface area contributed by atoms with Gasteiger partial charge in [-0.25, -0.2) is 9.67 Å². The molecule has 2 N–H and O–H groups in total. The van der Waals surface area contributed by atoms with Gasteiger partial charge in [0.1, 0.15) is 15.8 Å². The summed E-state index contributed by atoms with van der Waals surface area (Å²) in [6, 6.07) is 33.7. The van der Waals surface area contributed by atoms with E-state index in [0.717, 1.165) is 11.1 Å². The lowest BCUT2D eigenvalue weighted by Gasteiger charge is -2.21. The van der Waals surface area contributed by atoms with Crippen LogP contribution in [0.5, 0.6) is 0 Å². The highest BCUT2D eigenvalue weighted by Crippen LogP contribution is 2.64. The Morgan fingerprint density at radius 1 is 0.825 bits per heavy atom. The van der Waals surface area contributed by atoms with E-state index in [0.29, 0.717) is 21.1 Å². The average molecular weight is 613 g/mol. The highest BCUT2D eigenvalue weighted by atomic mass is 79.9. The van der Waals surface area contributed by atoms with E-state index < -0.39 is 11.4 Å². The van der Waals surface area contributed by atoms with E-state index in [4.69, 9.17) is 11.6 Å². The number of carbonyl (C=O) groups is 2. The number of rotatable bonds is 7. The van der Waals surface area contributed by atoms with Crippen molar-refractivity contribution in [2.75, 3.05) is 5.32 Å². The quantitative estimate of drug-likeness (QED) is 0.224. The molecule has 0 aliphatic heterocycles. The number of aromatic nitrogens is 3. The van der Waals surface area contributed by atoms with Crippen molar-refractivity contribution in [2.24, 2.45) is 0 Å². The Labute approximate surface area is 244 Å². The molecule has 7 nitrogen and oxygen atoms in total. The molecule has 6 rings (SSSR count). The first-order chi connectivity index (χ1) is 19.5. The van der Waals surface area contributed by atoms with Gasteiger partial charge in [-0.3, -0.25) is 9.59 Å². The number of anilines is 1. The molecule has 0 bridgehead atoms. The van der Waals surface area contributed by atoms with Crippen LogP contribution in [-0.2, 0) is 4.79 Å². The minimum absolute atomic E-state index is 0.185. The maximum atomic E-state index is 14.3. The lowest BCUT2D eigenvalue weighted by Crippen LogP contribution is -2.49. The Morgan fingerprint density at radius 3 is 1.98 bits per heavy atom. The van der Waals surface area contributed by atoms with Gasteiger partial charge in [-0.2, -0.15) is 5.10 Å². The highest BCUT2D eigenvalue weighted by molar-refractivity contribution is 9.10. The number of hydrogen-bond donors (Lipinski definition) is 2. The third kappa shape index (κ3) is 4.69. The largest absolute Gasteiger partial charge is 0.335 e. The summed E-state index contributed by atoms with van der Waals surface area (Å²) < 4.78 is 1.80. The standard InChI is InChI=1S/C31H23BrClN5O2/c32-25-19-24(38(37-25)28-23(33)17-10-18-34-28)29(39)36-31(30(40)35-22-15-8-3-9-16-22)26(20-11-4-1-5-12-20)27(31)21-13-6-2-7-14-21/h1-19,26-27H,(H,35,40)(H,36,39). The SMILES string of the molecule is O=C(NC1(C(=O)Nc2ccccc2)C(c2ccccc2)C1c1ccccc1)c1cc(Br)nn1-c1ncccc1Cl. The van der Waals surface area contributed by atoms with Crippen LogP contribution in [0.4, 0.5) is 5.69 Å². The molecule has 1 aliphatic carbocycles. The Balaban J connectivity index is 1.46. The predicted molar refractivity (Wildman–Crippen MR) is 158 cm³/mol. The first kappa shape index (κ1) is 26.0. The summed E-state index contributed by atoms with van der Waals surface area (Å²) in [4.78, 5) is 32.7. The molecule has 2 atom stereocenters. The Bertz CT molecular complexity index is 1630. The van der Waals surface area contributed by atoms with Gasteiger partial charge in [0.25, 0.3) is 11.8 Å². The van der Waals surface area contributed by atoms with Gasteiger partial charge in [-0.1, -0.05) is 90.5 Å². The second-order valence-corrected chi connectivity index (χ2v) is 10.7. The summed E-state index contributed by atoms with van der Waals surface area (Å²) in [6.45, 7) is 0. The summed E-state index contributed by atoms with van der Waals surface area (Å²) in [5.41, 5.74) is 1.43. The third-order valence-corrected chi connectivity index (χ3v) is 7.78. The number of amides is 2. The van der Waals surface area contributed by atoms with E-state index in [1.807, 2.05) is 91.0 Å². The molecule has 2 unspecified atom stereocenters. The van der Waals surface area contributed by atoms with Crippen molar-refractivity contribution in [3.63, 3.8) is 0 Å². The first-order valence-corrected chi connectivity index (χ1v) is 13.8. The molecule has 1 fully saturated rings. The van der Waals surface area contributed by atoms with Crippen molar-refractivity contribution in [3.05, 3.63) is 142 Å².